The lowest BCUT2D eigenvalue weighted by atomic mass is 10.0. The Morgan fingerprint density at radius 1 is 1.18 bits per heavy atom. The molecule has 1 aliphatic carbocycles. The predicted octanol–water partition coefficient (Wildman–Crippen LogP) is 2.55. The minimum absolute atomic E-state index is 0.264. The third kappa shape index (κ3) is 2.67. The Morgan fingerprint density at radius 3 is 2.24 bits per heavy atom. The molecule has 0 radical (unpaired) electrons. The van der Waals surface area contributed by atoms with Crippen LogP contribution in [0.1, 0.15) is 36.8 Å². The molecule has 0 heterocycles. The first kappa shape index (κ1) is 12.1. The van der Waals surface area contributed by atoms with Crippen LogP contribution in [0.15, 0.2) is 18.2 Å². The van der Waals surface area contributed by atoms with Crippen LogP contribution in [0.3, 0.4) is 0 Å². The van der Waals surface area contributed by atoms with E-state index in [2.05, 4.69) is 11.4 Å². The fourth-order valence-electron chi connectivity index (χ4n) is 2.48. The summed E-state index contributed by atoms with van der Waals surface area (Å²) in [5.74, 6) is -0.264. The zero-order valence-electron chi connectivity index (χ0n) is 10.4. The van der Waals surface area contributed by atoms with Crippen molar-refractivity contribution < 1.29 is 9.90 Å². The number of anilines is 1. The second-order valence-electron chi connectivity index (χ2n) is 5.07. The van der Waals surface area contributed by atoms with E-state index in [4.69, 9.17) is 0 Å². The van der Waals surface area contributed by atoms with Gasteiger partial charge in [-0.05, 0) is 62.8 Å². The van der Waals surface area contributed by atoms with E-state index >= 15 is 0 Å². The van der Waals surface area contributed by atoms with Crippen LogP contribution in [0.4, 0.5) is 5.69 Å². The van der Waals surface area contributed by atoms with Crippen molar-refractivity contribution in [2.45, 2.75) is 45.1 Å². The van der Waals surface area contributed by atoms with Gasteiger partial charge in [0.05, 0.1) is 0 Å². The molecule has 3 nitrogen and oxygen atoms in total. The highest BCUT2D eigenvalue weighted by molar-refractivity contribution is 5.97. The number of carbonyl (C=O) groups excluding carboxylic acids is 1. The van der Waals surface area contributed by atoms with E-state index in [9.17, 15) is 9.90 Å². The Balaban J connectivity index is 2.12. The normalized spacial score (nSPS) is 18.1. The summed E-state index contributed by atoms with van der Waals surface area (Å²) >= 11 is 0. The average Bonchev–Trinajstić information content (AvgIpc) is 2.64. The molecule has 1 aromatic carbocycles. The molecule has 0 unspecified atom stereocenters. The molecule has 1 aliphatic rings. The Bertz CT molecular complexity index is 414. The quantitative estimate of drug-likeness (QED) is 0.824. The van der Waals surface area contributed by atoms with E-state index in [0.717, 1.165) is 29.7 Å². The Hall–Kier alpha value is -1.35. The highest BCUT2D eigenvalue weighted by Gasteiger charge is 2.38. The summed E-state index contributed by atoms with van der Waals surface area (Å²) in [7, 11) is 0. The molecule has 1 fully saturated rings. The van der Waals surface area contributed by atoms with Crippen molar-refractivity contribution >= 4 is 11.6 Å². The van der Waals surface area contributed by atoms with Crippen molar-refractivity contribution in [3.63, 3.8) is 0 Å². The first-order valence-electron chi connectivity index (χ1n) is 6.12. The van der Waals surface area contributed by atoms with Gasteiger partial charge >= 0.3 is 0 Å². The number of amides is 1. The van der Waals surface area contributed by atoms with E-state index in [-0.39, 0.29) is 5.91 Å². The van der Waals surface area contributed by atoms with E-state index in [1.165, 1.54) is 0 Å². The van der Waals surface area contributed by atoms with Crippen molar-refractivity contribution in [2.24, 2.45) is 0 Å². The van der Waals surface area contributed by atoms with Crippen molar-refractivity contribution in [3.8, 4) is 0 Å². The number of aliphatic hydroxyl groups is 1. The van der Waals surface area contributed by atoms with E-state index in [1.807, 2.05) is 26.0 Å². The number of rotatable bonds is 2. The van der Waals surface area contributed by atoms with E-state index in [1.54, 1.807) is 0 Å². The fraction of sp³-hybridized carbons (Fsp3) is 0.500. The molecule has 0 bridgehead atoms. The highest BCUT2D eigenvalue weighted by Crippen LogP contribution is 2.30. The molecule has 0 atom stereocenters. The fourth-order valence-corrected chi connectivity index (χ4v) is 2.48. The molecular weight excluding hydrogens is 214 g/mol. The van der Waals surface area contributed by atoms with Gasteiger partial charge in [-0.2, -0.15) is 0 Å². The maximum absolute atomic E-state index is 12.0. The standard InChI is InChI=1S/C14H19NO2/c1-10-7-11(2)9-12(8-10)15-13(16)14(17)5-3-4-6-14/h7-9,17H,3-6H2,1-2H3,(H,15,16). The van der Waals surface area contributed by atoms with Gasteiger partial charge in [0.25, 0.3) is 5.91 Å². The molecule has 0 aliphatic heterocycles. The van der Waals surface area contributed by atoms with Gasteiger partial charge in [0.1, 0.15) is 5.60 Å². The van der Waals surface area contributed by atoms with Gasteiger partial charge in [-0.1, -0.05) is 6.07 Å². The number of carbonyl (C=O) groups is 1. The van der Waals surface area contributed by atoms with E-state index < -0.39 is 5.60 Å². The summed E-state index contributed by atoms with van der Waals surface area (Å²) < 4.78 is 0. The molecule has 1 amide bonds. The van der Waals surface area contributed by atoms with Crippen molar-refractivity contribution in [2.75, 3.05) is 5.32 Å². The number of hydrogen-bond donors (Lipinski definition) is 2. The number of aryl methyl sites for hydroxylation is 2. The molecule has 1 aromatic rings. The maximum Gasteiger partial charge on any atom is 0.256 e. The van der Waals surface area contributed by atoms with Gasteiger partial charge in [-0.15, -0.1) is 0 Å². The zero-order chi connectivity index (χ0) is 12.5. The minimum atomic E-state index is -1.16. The molecule has 1 saturated carbocycles. The van der Waals surface area contributed by atoms with Gasteiger partial charge in [0.2, 0.25) is 0 Å². The highest BCUT2D eigenvalue weighted by atomic mass is 16.3. The van der Waals surface area contributed by atoms with Crippen LogP contribution in [-0.4, -0.2) is 16.6 Å². The maximum atomic E-state index is 12.0. The van der Waals surface area contributed by atoms with Crippen LogP contribution in [0.5, 0.6) is 0 Å². The van der Waals surface area contributed by atoms with Crippen LogP contribution < -0.4 is 5.32 Å². The zero-order valence-corrected chi connectivity index (χ0v) is 10.4. The predicted molar refractivity (Wildman–Crippen MR) is 68.0 cm³/mol. The van der Waals surface area contributed by atoms with Gasteiger partial charge < -0.3 is 10.4 Å². The van der Waals surface area contributed by atoms with Crippen LogP contribution in [0, 0.1) is 13.8 Å². The summed E-state index contributed by atoms with van der Waals surface area (Å²) in [5.41, 5.74) is 1.84. The van der Waals surface area contributed by atoms with Crippen LogP contribution in [0.2, 0.25) is 0 Å². The van der Waals surface area contributed by atoms with Gasteiger partial charge in [-0.3, -0.25) is 4.79 Å². The monoisotopic (exact) mass is 233 g/mol. The summed E-state index contributed by atoms with van der Waals surface area (Å²) in [6.07, 6.45) is 3.00. The summed E-state index contributed by atoms with van der Waals surface area (Å²) in [5, 5.41) is 13.0. The molecule has 92 valence electrons. The number of nitrogens with one attached hydrogen (secondary N) is 1. The van der Waals surface area contributed by atoms with Crippen LogP contribution in [-0.2, 0) is 4.79 Å². The Kier molecular flexibility index (Phi) is 3.20. The Labute approximate surface area is 102 Å². The van der Waals surface area contributed by atoms with Gasteiger partial charge in [0.15, 0.2) is 0 Å². The largest absolute Gasteiger partial charge is 0.380 e. The third-order valence-corrected chi connectivity index (χ3v) is 3.33. The molecule has 0 saturated heterocycles. The molecular formula is C14H19NO2. The molecule has 17 heavy (non-hydrogen) atoms. The molecule has 2 N–H and O–H groups in total. The Morgan fingerprint density at radius 2 is 1.71 bits per heavy atom. The van der Waals surface area contributed by atoms with E-state index in [0.29, 0.717) is 12.8 Å². The summed E-state index contributed by atoms with van der Waals surface area (Å²) in [6, 6.07) is 5.90. The second kappa shape index (κ2) is 4.49. The third-order valence-electron chi connectivity index (χ3n) is 3.33. The average molecular weight is 233 g/mol. The minimum Gasteiger partial charge on any atom is -0.380 e. The number of benzene rings is 1. The number of hydrogen-bond acceptors (Lipinski definition) is 2. The molecule has 0 spiro atoms. The molecule has 2 rings (SSSR count). The summed E-state index contributed by atoms with van der Waals surface area (Å²) in [4.78, 5) is 12.0. The van der Waals surface area contributed by atoms with Crippen LogP contribution >= 0.6 is 0 Å². The second-order valence-corrected chi connectivity index (χ2v) is 5.07. The lowest BCUT2D eigenvalue weighted by molar-refractivity contribution is -0.133. The summed E-state index contributed by atoms with van der Waals surface area (Å²) in [6.45, 7) is 3.99. The van der Waals surface area contributed by atoms with Crippen LogP contribution in [0.25, 0.3) is 0 Å². The van der Waals surface area contributed by atoms with Gasteiger partial charge in [-0.25, -0.2) is 0 Å². The smallest absolute Gasteiger partial charge is 0.256 e. The van der Waals surface area contributed by atoms with Gasteiger partial charge in [0, 0.05) is 5.69 Å². The molecule has 0 aromatic heterocycles. The first-order chi connectivity index (χ1) is 7.99. The lowest BCUT2D eigenvalue weighted by Crippen LogP contribution is -2.40. The molecule has 3 heteroatoms. The SMILES string of the molecule is Cc1cc(C)cc(NC(=O)C2(O)CCCC2)c1. The first-order valence-corrected chi connectivity index (χ1v) is 6.12. The lowest BCUT2D eigenvalue weighted by Gasteiger charge is -2.21. The van der Waals surface area contributed by atoms with Crippen molar-refractivity contribution in [1.29, 1.82) is 0 Å². The van der Waals surface area contributed by atoms with Crippen molar-refractivity contribution in [1.82, 2.24) is 0 Å². The van der Waals surface area contributed by atoms with Crippen molar-refractivity contribution in [3.05, 3.63) is 29.3 Å². The topological polar surface area (TPSA) is 49.3 Å².